The quantitative estimate of drug-likeness (QED) is 0.638. The van der Waals surface area contributed by atoms with Crippen LogP contribution in [-0.2, 0) is 0 Å². The molecule has 2 rings (SSSR count). The lowest BCUT2D eigenvalue weighted by molar-refractivity contribution is -0.385. The summed E-state index contributed by atoms with van der Waals surface area (Å²) in [5.41, 5.74) is 0.721. The van der Waals surface area contributed by atoms with E-state index < -0.39 is 4.92 Å². The summed E-state index contributed by atoms with van der Waals surface area (Å²) in [5.74, 6) is 0.236. The Kier molecular flexibility index (Phi) is 9.53. The smallest absolute Gasteiger partial charge is 0.311 e. The highest BCUT2D eigenvalue weighted by Gasteiger charge is 2.25. The topological polar surface area (TPSA) is 91.4 Å². The molecule has 1 aliphatic rings. The van der Waals surface area contributed by atoms with Gasteiger partial charge in [-0.15, -0.1) is 24.8 Å². The summed E-state index contributed by atoms with van der Waals surface area (Å²) in [5, 5.41) is 23.4. The van der Waals surface area contributed by atoms with Gasteiger partial charge < -0.3 is 10.1 Å². The number of hydrogen-bond acceptors (Lipinski definition) is 6. The molecular weight excluding hydrogens is 343 g/mol. The van der Waals surface area contributed by atoms with Crippen molar-refractivity contribution in [2.45, 2.75) is 12.5 Å². The van der Waals surface area contributed by atoms with E-state index in [0.29, 0.717) is 6.42 Å². The zero-order valence-corrected chi connectivity index (χ0v) is 14.4. The molecule has 128 valence electrons. The van der Waals surface area contributed by atoms with Crippen LogP contribution in [0.15, 0.2) is 18.2 Å². The minimum Gasteiger partial charge on any atom is -0.490 e. The van der Waals surface area contributed by atoms with Crippen molar-refractivity contribution in [3.63, 3.8) is 0 Å². The second-order valence-electron chi connectivity index (χ2n) is 4.85. The standard InChI is InChI=1S/C14H18N4O3.2ClH/c1-21-14-3-2-11(10-13(14)18(19)20)12(4-5-15)17-8-6-16-7-9-17;;/h2-3,10,12,16H,4,6-9H2,1H3;2*1H/t12-;;/m0../s1. The van der Waals surface area contributed by atoms with Gasteiger partial charge in [-0.2, -0.15) is 5.26 Å². The van der Waals surface area contributed by atoms with E-state index in [-0.39, 0.29) is 42.3 Å². The Labute approximate surface area is 147 Å². The van der Waals surface area contributed by atoms with Gasteiger partial charge in [-0.05, 0) is 11.6 Å². The number of nitriles is 1. The van der Waals surface area contributed by atoms with Crippen LogP contribution in [-0.4, -0.2) is 43.1 Å². The molecule has 1 aromatic rings. The molecule has 0 amide bonds. The Morgan fingerprint density at radius 1 is 1.43 bits per heavy atom. The zero-order valence-electron chi connectivity index (χ0n) is 12.7. The molecule has 0 aliphatic carbocycles. The maximum atomic E-state index is 11.1. The number of benzene rings is 1. The van der Waals surface area contributed by atoms with E-state index in [9.17, 15) is 10.1 Å². The zero-order chi connectivity index (χ0) is 15.2. The highest BCUT2D eigenvalue weighted by atomic mass is 35.5. The number of methoxy groups -OCH3 is 1. The first-order valence-electron chi connectivity index (χ1n) is 6.81. The molecule has 0 saturated carbocycles. The first-order valence-corrected chi connectivity index (χ1v) is 6.81. The van der Waals surface area contributed by atoms with Gasteiger partial charge in [0, 0.05) is 38.3 Å². The molecule has 0 radical (unpaired) electrons. The maximum Gasteiger partial charge on any atom is 0.311 e. The van der Waals surface area contributed by atoms with Crippen LogP contribution in [0.2, 0.25) is 0 Å². The SMILES string of the molecule is COc1ccc([C@H](CC#N)N2CCNCC2)cc1[N+](=O)[O-].Cl.Cl. The molecule has 7 nitrogen and oxygen atoms in total. The summed E-state index contributed by atoms with van der Waals surface area (Å²) >= 11 is 0. The van der Waals surface area contributed by atoms with Gasteiger partial charge in [0.15, 0.2) is 5.75 Å². The lowest BCUT2D eigenvalue weighted by Gasteiger charge is -2.34. The van der Waals surface area contributed by atoms with E-state index in [2.05, 4.69) is 16.3 Å². The summed E-state index contributed by atoms with van der Waals surface area (Å²) in [7, 11) is 1.41. The molecular formula is C14H20Cl2N4O3. The van der Waals surface area contributed by atoms with Crippen molar-refractivity contribution in [1.29, 1.82) is 5.26 Å². The highest BCUT2D eigenvalue weighted by molar-refractivity contribution is 5.85. The Hall–Kier alpha value is -1.59. The normalized spacial score (nSPS) is 15.5. The number of nitro groups is 1. The average molecular weight is 363 g/mol. The second kappa shape index (κ2) is 10.2. The molecule has 1 aromatic carbocycles. The summed E-state index contributed by atoms with van der Waals surface area (Å²) in [4.78, 5) is 12.9. The molecule has 1 heterocycles. The van der Waals surface area contributed by atoms with Crippen molar-refractivity contribution >= 4 is 30.5 Å². The van der Waals surface area contributed by atoms with Crippen LogP contribution in [0.3, 0.4) is 0 Å². The first kappa shape index (κ1) is 21.4. The Morgan fingerprint density at radius 3 is 2.61 bits per heavy atom. The van der Waals surface area contributed by atoms with Crippen LogP contribution < -0.4 is 10.1 Å². The van der Waals surface area contributed by atoms with E-state index in [1.165, 1.54) is 13.2 Å². The summed E-state index contributed by atoms with van der Waals surface area (Å²) in [6.45, 7) is 3.37. The number of halogens is 2. The number of nitrogens with zero attached hydrogens (tertiary/aromatic N) is 3. The fourth-order valence-corrected chi connectivity index (χ4v) is 2.60. The van der Waals surface area contributed by atoms with E-state index in [1.807, 2.05) is 0 Å². The first-order chi connectivity index (χ1) is 10.2. The molecule has 0 aromatic heterocycles. The van der Waals surface area contributed by atoms with E-state index in [1.54, 1.807) is 12.1 Å². The molecule has 0 spiro atoms. The van der Waals surface area contributed by atoms with E-state index >= 15 is 0 Å². The third-order valence-corrected chi connectivity index (χ3v) is 3.66. The lowest BCUT2D eigenvalue weighted by Crippen LogP contribution is -2.45. The van der Waals surface area contributed by atoms with Gasteiger partial charge in [-0.3, -0.25) is 15.0 Å². The van der Waals surface area contributed by atoms with Crippen LogP contribution >= 0.6 is 24.8 Å². The fraction of sp³-hybridized carbons (Fsp3) is 0.500. The van der Waals surface area contributed by atoms with Gasteiger partial charge in [-0.1, -0.05) is 6.07 Å². The summed E-state index contributed by atoms with van der Waals surface area (Å²) in [6.07, 6.45) is 0.309. The largest absolute Gasteiger partial charge is 0.490 e. The molecule has 1 atom stereocenters. The Bertz CT molecular complexity index is 559. The summed E-state index contributed by atoms with van der Waals surface area (Å²) < 4.78 is 5.02. The molecule has 1 saturated heterocycles. The van der Waals surface area contributed by atoms with Crippen molar-refractivity contribution in [3.8, 4) is 11.8 Å². The molecule has 1 N–H and O–H groups in total. The average Bonchev–Trinajstić information content (AvgIpc) is 2.52. The van der Waals surface area contributed by atoms with Gasteiger partial charge in [0.2, 0.25) is 0 Å². The van der Waals surface area contributed by atoms with Gasteiger partial charge in [0.05, 0.1) is 24.5 Å². The molecule has 23 heavy (non-hydrogen) atoms. The predicted molar refractivity (Wildman–Crippen MR) is 91.6 cm³/mol. The number of hydrogen-bond donors (Lipinski definition) is 1. The maximum absolute atomic E-state index is 11.1. The molecule has 9 heteroatoms. The van der Waals surface area contributed by atoms with Crippen molar-refractivity contribution in [3.05, 3.63) is 33.9 Å². The number of nitro benzene ring substituents is 1. The van der Waals surface area contributed by atoms with Gasteiger partial charge in [0.25, 0.3) is 0 Å². The van der Waals surface area contributed by atoms with Crippen molar-refractivity contribution in [1.82, 2.24) is 10.2 Å². The second-order valence-corrected chi connectivity index (χ2v) is 4.85. The van der Waals surface area contributed by atoms with Gasteiger partial charge in [-0.25, -0.2) is 0 Å². The number of piperazine rings is 1. The molecule has 0 bridgehead atoms. The van der Waals surface area contributed by atoms with E-state index in [4.69, 9.17) is 10.00 Å². The number of nitrogens with one attached hydrogen (secondary N) is 1. The van der Waals surface area contributed by atoms with Crippen molar-refractivity contribution < 1.29 is 9.66 Å². The molecule has 1 fully saturated rings. The Morgan fingerprint density at radius 2 is 2.09 bits per heavy atom. The minimum absolute atomic E-state index is 0. The third-order valence-electron chi connectivity index (χ3n) is 3.66. The number of rotatable bonds is 5. The van der Waals surface area contributed by atoms with Crippen LogP contribution in [0.4, 0.5) is 5.69 Å². The van der Waals surface area contributed by atoms with Crippen molar-refractivity contribution in [2.24, 2.45) is 0 Å². The van der Waals surface area contributed by atoms with Gasteiger partial charge in [0.1, 0.15) is 0 Å². The van der Waals surface area contributed by atoms with Crippen LogP contribution in [0.5, 0.6) is 5.75 Å². The number of ether oxygens (including phenoxy) is 1. The van der Waals surface area contributed by atoms with E-state index in [0.717, 1.165) is 31.7 Å². The van der Waals surface area contributed by atoms with Gasteiger partial charge >= 0.3 is 5.69 Å². The fourth-order valence-electron chi connectivity index (χ4n) is 2.60. The lowest BCUT2D eigenvalue weighted by atomic mass is 10.0. The van der Waals surface area contributed by atoms with Crippen LogP contribution in [0.1, 0.15) is 18.0 Å². The third kappa shape index (κ3) is 5.22. The molecule has 0 unspecified atom stereocenters. The van der Waals surface area contributed by atoms with Crippen LogP contribution in [0.25, 0.3) is 0 Å². The predicted octanol–water partition coefficient (Wildman–Crippen LogP) is 2.31. The van der Waals surface area contributed by atoms with Crippen molar-refractivity contribution in [2.75, 3.05) is 33.3 Å². The monoisotopic (exact) mass is 362 g/mol. The minimum atomic E-state index is -0.455. The summed E-state index contributed by atoms with van der Waals surface area (Å²) in [6, 6.07) is 6.97. The van der Waals surface area contributed by atoms with Crippen LogP contribution in [0, 0.1) is 21.4 Å². The highest BCUT2D eigenvalue weighted by Crippen LogP contribution is 2.33. The Balaban J connectivity index is 0.00000242. The molecule has 1 aliphatic heterocycles.